The van der Waals surface area contributed by atoms with Crippen LogP contribution in [0, 0.1) is 0 Å². The van der Waals surface area contributed by atoms with Crippen LogP contribution in [0.25, 0.3) is 0 Å². The number of amides is 1. The van der Waals surface area contributed by atoms with Gasteiger partial charge in [0.25, 0.3) is 6.23 Å². The first kappa shape index (κ1) is 24.0. The highest BCUT2D eigenvalue weighted by Gasteiger charge is 2.49. The van der Waals surface area contributed by atoms with Gasteiger partial charge in [0, 0.05) is 18.9 Å². The number of carbonyl (C=O) groups excluding carboxylic acids is 3. The first-order chi connectivity index (χ1) is 14.0. The highest BCUT2D eigenvalue weighted by molar-refractivity contribution is 7.46. The molecule has 0 unspecified atom stereocenters. The normalized spacial score (nSPS) is 23.9. The third-order valence-electron chi connectivity index (χ3n) is 4.11. The van der Waals surface area contributed by atoms with Gasteiger partial charge < -0.3 is 35.2 Å². The Kier molecular flexibility index (Phi) is 8.15. The van der Waals surface area contributed by atoms with Crippen molar-refractivity contribution in [2.75, 3.05) is 6.61 Å². The number of aliphatic hydroxyl groups is 2. The van der Waals surface area contributed by atoms with Crippen molar-refractivity contribution in [2.24, 2.45) is 5.73 Å². The number of aromatic nitrogens is 1. The average molecular weight is 449 g/mol. The summed E-state index contributed by atoms with van der Waals surface area (Å²) in [7, 11) is -4.80. The Morgan fingerprint density at radius 2 is 1.90 bits per heavy atom. The summed E-state index contributed by atoms with van der Waals surface area (Å²) in [6.45, 7) is -0.679. The van der Waals surface area contributed by atoms with Crippen molar-refractivity contribution in [2.45, 2.75) is 43.8 Å². The number of primary amides is 1. The van der Waals surface area contributed by atoms with Crippen LogP contribution in [-0.4, -0.2) is 62.8 Å². The topological polar surface area (TPSA) is 207 Å². The summed E-state index contributed by atoms with van der Waals surface area (Å²) in [4.78, 5) is 51.9. The van der Waals surface area contributed by atoms with E-state index < -0.39 is 56.8 Å². The summed E-state index contributed by atoms with van der Waals surface area (Å²) in [5.41, 5.74) is 4.89. The highest BCUT2D eigenvalue weighted by atomic mass is 31.2. The predicted molar refractivity (Wildman–Crippen MR) is 94.0 cm³/mol. The molecule has 1 aliphatic heterocycles. The van der Waals surface area contributed by atoms with Crippen molar-refractivity contribution in [3.63, 3.8) is 0 Å². The molecular formula is C16H22N2O11P+. The molecule has 13 nitrogen and oxygen atoms in total. The summed E-state index contributed by atoms with van der Waals surface area (Å²) in [6.07, 6.45) is -2.94. The maximum Gasteiger partial charge on any atom is 0.469 e. The molecule has 1 fully saturated rings. The third kappa shape index (κ3) is 6.92. The van der Waals surface area contributed by atoms with E-state index in [2.05, 4.69) is 9.26 Å². The number of phosphoric ester groups is 1. The molecule has 0 radical (unpaired) electrons. The minimum atomic E-state index is -4.80. The number of nitrogens with two attached hydrogens (primary N) is 1. The Balaban J connectivity index is 2.02. The van der Waals surface area contributed by atoms with Crippen LogP contribution < -0.4 is 10.3 Å². The monoisotopic (exact) mass is 449 g/mol. The molecule has 0 aromatic carbocycles. The van der Waals surface area contributed by atoms with Crippen LogP contribution in [0.2, 0.25) is 0 Å². The number of rotatable bonds is 9. The van der Waals surface area contributed by atoms with E-state index in [1.165, 1.54) is 29.1 Å². The molecule has 1 aliphatic rings. The smallest absolute Gasteiger partial charge is 0.389 e. The van der Waals surface area contributed by atoms with Gasteiger partial charge in [0.1, 0.15) is 17.8 Å². The molecule has 2 rings (SSSR count). The number of esters is 2. The number of phosphoric acid groups is 1. The van der Waals surface area contributed by atoms with Crippen LogP contribution in [0.15, 0.2) is 24.5 Å². The molecule has 0 saturated carbocycles. The molecule has 1 amide bonds. The predicted octanol–water partition coefficient (Wildman–Crippen LogP) is -1.96. The molecule has 2 heterocycles. The van der Waals surface area contributed by atoms with Gasteiger partial charge >= 0.3 is 19.8 Å². The molecule has 1 aromatic rings. The lowest BCUT2D eigenvalue weighted by atomic mass is 10.1. The molecule has 166 valence electrons. The van der Waals surface area contributed by atoms with E-state index in [1.54, 1.807) is 0 Å². The SMILES string of the molecule is NC(=O)CCCC(=O)OC(=O)c1ccc[n+]([C@@H]2O[C@H](COP(=O)(O)O)[C@@H](O)[C@H]2O)c1. The Labute approximate surface area is 170 Å². The number of carbonyl (C=O) groups is 3. The maximum atomic E-state index is 12.1. The average Bonchev–Trinajstić information content (AvgIpc) is 2.94. The number of hydrogen-bond acceptors (Lipinski definition) is 9. The van der Waals surface area contributed by atoms with Gasteiger partial charge in [-0.05, 0) is 12.5 Å². The standard InChI is InChI=1S/C16H21N2O11P/c17-11(19)4-1-5-12(20)29-16(23)9-3-2-6-18(7-9)15-14(22)13(21)10(28-15)8-27-30(24,25)26/h2-3,6-7,10,13-15,21-22H,1,4-5,8H2,(H3-,17,19,24,25,26)/p+1/t10-,13-,14-,15-/m1/s1. The van der Waals surface area contributed by atoms with Gasteiger partial charge in [0.15, 0.2) is 18.5 Å². The van der Waals surface area contributed by atoms with Crippen LogP contribution in [-0.2, 0) is 28.2 Å². The lowest BCUT2D eigenvalue weighted by Gasteiger charge is -2.13. The fraction of sp³-hybridized carbons (Fsp3) is 0.500. The largest absolute Gasteiger partial charge is 0.469 e. The van der Waals surface area contributed by atoms with E-state index in [0.717, 1.165) is 0 Å². The molecule has 0 spiro atoms. The molecule has 0 aliphatic carbocycles. The van der Waals surface area contributed by atoms with Crippen LogP contribution in [0.3, 0.4) is 0 Å². The van der Waals surface area contributed by atoms with Crippen molar-refractivity contribution in [1.82, 2.24) is 0 Å². The van der Waals surface area contributed by atoms with Gasteiger partial charge in [0.2, 0.25) is 5.91 Å². The first-order valence-electron chi connectivity index (χ1n) is 8.73. The van der Waals surface area contributed by atoms with Gasteiger partial charge in [0.05, 0.1) is 6.61 Å². The van der Waals surface area contributed by atoms with Crippen LogP contribution >= 0.6 is 7.82 Å². The lowest BCUT2D eigenvalue weighted by Crippen LogP contribution is -2.46. The second kappa shape index (κ2) is 10.2. The van der Waals surface area contributed by atoms with Gasteiger partial charge in [-0.2, -0.15) is 4.57 Å². The van der Waals surface area contributed by atoms with E-state index >= 15 is 0 Å². The van der Waals surface area contributed by atoms with E-state index in [1.807, 2.05) is 0 Å². The second-order valence-corrected chi connectivity index (χ2v) is 7.69. The fourth-order valence-corrected chi connectivity index (χ4v) is 3.02. The fourth-order valence-electron chi connectivity index (χ4n) is 2.68. The highest BCUT2D eigenvalue weighted by Crippen LogP contribution is 2.37. The molecular weight excluding hydrogens is 427 g/mol. The van der Waals surface area contributed by atoms with E-state index in [4.69, 9.17) is 20.3 Å². The quantitative estimate of drug-likeness (QED) is 0.121. The van der Waals surface area contributed by atoms with E-state index in [-0.39, 0.29) is 24.8 Å². The van der Waals surface area contributed by atoms with Gasteiger partial charge in [-0.15, -0.1) is 0 Å². The van der Waals surface area contributed by atoms with E-state index in [0.29, 0.717) is 0 Å². The van der Waals surface area contributed by atoms with Crippen molar-refractivity contribution in [3.05, 3.63) is 30.1 Å². The number of aliphatic hydroxyl groups excluding tert-OH is 2. The number of hydrogen-bond donors (Lipinski definition) is 5. The summed E-state index contributed by atoms with van der Waals surface area (Å²) in [5.74, 6) is -2.42. The molecule has 14 heteroatoms. The third-order valence-corrected chi connectivity index (χ3v) is 4.59. The zero-order chi connectivity index (χ0) is 22.5. The van der Waals surface area contributed by atoms with Gasteiger partial charge in [-0.1, -0.05) is 0 Å². The number of ether oxygens (including phenoxy) is 2. The Morgan fingerprint density at radius 3 is 2.53 bits per heavy atom. The maximum absolute atomic E-state index is 12.1. The molecule has 30 heavy (non-hydrogen) atoms. The summed E-state index contributed by atoms with van der Waals surface area (Å²) >= 11 is 0. The van der Waals surface area contributed by atoms with E-state index in [9.17, 15) is 29.2 Å². The van der Waals surface area contributed by atoms with Gasteiger partial charge in [-0.3, -0.25) is 14.1 Å². The van der Waals surface area contributed by atoms with Crippen molar-refractivity contribution in [3.8, 4) is 0 Å². The summed E-state index contributed by atoms with van der Waals surface area (Å²) in [6, 6.07) is 2.73. The summed E-state index contributed by atoms with van der Waals surface area (Å²) in [5, 5.41) is 20.2. The molecule has 0 bridgehead atoms. The molecule has 4 atom stereocenters. The molecule has 1 aromatic heterocycles. The minimum Gasteiger partial charge on any atom is -0.389 e. The zero-order valence-electron chi connectivity index (χ0n) is 15.6. The second-order valence-electron chi connectivity index (χ2n) is 6.45. The Morgan fingerprint density at radius 1 is 1.20 bits per heavy atom. The van der Waals surface area contributed by atoms with Crippen molar-refractivity contribution in [1.29, 1.82) is 0 Å². The van der Waals surface area contributed by atoms with Crippen molar-refractivity contribution < 1.29 is 57.5 Å². The number of pyridine rings is 1. The molecule has 1 saturated heterocycles. The first-order valence-corrected chi connectivity index (χ1v) is 10.3. The van der Waals surface area contributed by atoms with Crippen molar-refractivity contribution >= 4 is 25.7 Å². The minimum absolute atomic E-state index is 0.0270. The van der Waals surface area contributed by atoms with Crippen LogP contribution in [0.5, 0.6) is 0 Å². The molecule has 6 N–H and O–H groups in total. The zero-order valence-corrected chi connectivity index (χ0v) is 16.5. The Bertz CT molecular complexity index is 842. The number of nitrogens with zero attached hydrogens (tertiary/aromatic N) is 1. The van der Waals surface area contributed by atoms with Gasteiger partial charge in [-0.25, -0.2) is 9.36 Å². The lowest BCUT2D eigenvalue weighted by molar-refractivity contribution is -0.765. The van der Waals surface area contributed by atoms with Crippen LogP contribution in [0.4, 0.5) is 0 Å². The Hall–Kier alpha value is -2.25. The van der Waals surface area contributed by atoms with Crippen LogP contribution in [0.1, 0.15) is 35.8 Å². The summed E-state index contributed by atoms with van der Waals surface area (Å²) < 4.78 is 26.4.